The molecule has 0 aliphatic carbocycles. The van der Waals surface area contributed by atoms with Crippen molar-refractivity contribution in [3.63, 3.8) is 0 Å². The van der Waals surface area contributed by atoms with Crippen molar-refractivity contribution in [2.75, 3.05) is 31.3 Å². The second-order valence-corrected chi connectivity index (χ2v) is 4.00. The van der Waals surface area contributed by atoms with Crippen LogP contribution in [0.25, 0.3) is 5.65 Å². The van der Waals surface area contributed by atoms with Crippen LogP contribution in [0.15, 0.2) is 18.6 Å². The number of aromatic nitrogens is 3. The molecule has 2 rings (SSSR count). The topological polar surface area (TPSA) is 97.7 Å². The molecule has 0 aliphatic rings. The fourth-order valence-electron chi connectivity index (χ4n) is 1.70. The molecule has 18 heavy (non-hydrogen) atoms. The molecule has 2 aromatic heterocycles. The van der Waals surface area contributed by atoms with Crippen LogP contribution in [0.3, 0.4) is 0 Å². The Morgan fingerprint density at radius 1 is 1.61 bits per heavy atom. The lowest BCUT2D eigenvalue weighted by molar-refractivity contribution is 0.0615. The van der Waals surface area contributed by atoms with Gasteiger partial charge < -0.3 is 25.3 Å². The summed E-state index contributed by atoms with van der Waals surface area (Å²) in [6.07, 6.45) is 5.27. The number of anilines is 2. The standard InChI is InChI=1S/C11H17N5O2/c1-18-7-8(17)2-3-13-10-11-14-4-5-16(11)6-9(12)15-10/h4-6,8,17H,2-3,7,12H2,1H3,(H,13,15). The van der Waals surface area contributed by atoms with Crippen LogP contribution in [0.2, 0.25) is 0 Å². The summed E-state index contributed by atoms with van der Waals surface area (Å²) in [5, 5.41) is 12.6. The van der Waals surface area contributed by atoms with Gasteiger partial charge in [0.1, 0.15) is 5.82 Å². The Morgan fingerprint density at radius 2 is 2.44 bits per heavy atom. The van der Waals surface area contributed by atoms with Gasteiger partial charge in [-0.2, -0.15) is 0 Å². The number of nitrogens with zero attached hydrogens (tertiary/aromatic N) is 3. The number of hydrogen-bond acceptors (Lipinski definition) is 6. The van der Waals surface area contributed by atoms with Crippen molar-refractivity contribution in [3.05, 3.63) is 18.6 Å². The lowest BCUT2D eigenvalue weighted by atomic mass is 10.2. The number of methoxy groups -OCH3 is 1. The predicted octanol–water partition coefficient (Wildman–Crippen LogP) is 0.121. The van der Waals surface area contributed by atoms with Crippen LogP contribution in [-0.4, -0.2) is 45.8 Å². The summed E-state index contributed by atoms with van der Waals surface area (Å²) >= 11 is 0. The molecule has 0 saturated carbocycles. The van der Waals surface area contributed by atoms with Crippen LogP contribution in [0.4, 0.5) is 11.6 Å². The van der Waals surface area contributed by atoms with Crippen molar-refractivity contribution in [3.8, 4) is 0 Å². The summed E-state index contributed by atoms with van der Waals surface area (Å²) in [5.41, 5.74) is 6.41. The third-order valence-corrected chi connectivity index (χ3v) is 2.52. The highest BCUT2D eigenvalue weighted by molar-refractivity contribution is 5.64. The first kappa shape index (κ1) is 12.6. The number of aliphatic hydroxyl groups is 1. The number of nitrogens with two attached hydrogens (primary N) is 1. The number of hydrogen-bond donors (Lipinski definition) is 3. The zero-order valence-electron chi connectivity index (χ0n) is 10.2. The fraction of sp³-hybridized carbons (Fsp3) is 0.455. The smallest absolute Gasteiger partial charge is 0.180 e. The van der Waals surface area contributed by atoms with Gasteiger partial charge in [0.05, 0.1) is 18.9 Å². The maximum atomic E-state index is 9.52. The van der Waals surface area contributed by atoms with E-state index in [4.69, 9.17) is 10.5 Å². The third kappa shape index (κ3) is 2.88. The first-order valence-corrected chi connectivity index (χ1v) is 5.70. The number of nitrogen functional groups attached to an aromatic ring is 1. The van der Waals surface area contributed by atoms with Gasteiger partial charge in [-0.25, -0.2) is 9.97 Å². The lowest BCUT2D eigenvalue weighted by Crippen LogP contribution is -2.19. The molecule has 98 valence electrons. The van der Waals surface area contributed by atoms with E-state index in [1.165, 1.54) is 0 Å². The summed E-state index contributed by atoms with van der Waals surface area (Å²) < 4.78 is 6.66. The Kier molecular flexibility index (Phi) is 3.96. The van der Waals surface area contributed by atoms with Crippen LogP contribution in [0, 0.1) is 0 Å². The van der Waals surface area contributed by atoms with Gasteiger partial charge >= 0.3 is 0 Å². The van der Waals surface area contributed by atoms with Crippen LogP contribution >= 0.6 is 0 Å². The van der Waals surface area contributed by atoms with Gasteiger partial charge in [-0.15, -0.1) is 0 Å². The first-order valence-electron chi connectivity index (χ1n) is 5.70. The van der Waals surface area contributed by atoms with E-state index < -0.39 is 6.10 Å². The zero-order valence-corrected chi connectivity index (χ0v) is 10.2. The van der Waals surface area contributed by atoms with Crippen LogP contribution < -0.4 is 11.1 Å². The normalized spacial score (nSPS) is 12.8. The molecule has 7 nitrogen and oxygen atoms in total. The van der Waals surface area contributed by atoms with E-state index in [9.17, 15) is 5.11 Å². The van der Waals surface area contributed by atoms with E-state index in [-0.39, 0.29) is 0 Å². The highest BCUT2D eigenvalue weighted by atomic mass is 16.5. The third-order valence-electron chi connectivity index (χ3n) is 2.52. The molecule has 2 heterocycles. The van der Waals surface area contributed by atoms with Crippen LogP contribution in [-0.2, 0) is 4.74 Å². The summed E-state index contributed by atoms with van der Waals surface area (Å²) in [7, 11) is 1.56. The van der Waals surface area contributed by atoms with E-state index in [0.717, 1.165) is 0 Å². The predicted molar refractivity (Wildman–Crippen MR) is 68.4 cm³/mol. The Hall–Kier alpha value is -1.86. The minimum absolute atomic E-state index is 0.324. The minimum atomic E-state index is -0.487. The van der Waals surface area contributed by atoms with Gasteiger partial charge in [-0.05, 0) is 6.42 Å². The summed E-state index contributed by atoms with van der Waals surface area (Å²) in [5.74, 6) is 1.03. The molecule has 0 bridgehead atoms. The van der Waals surface area contributed by atoms with Crippen molar-refractivity contribution in [2.24, 2.45) is 0 Å². The summed E-state index contributed by atoms with van der Waals surface area (Å²) in [6, 6.07) is 0. The quantitative estimate of drug-likeness (QED) is 0.674. The Bertz CT molecular complexity index is 513. The SMILES string of the molecule is COCC(O)CCNc1nc(N)cn2ccnc12. The molecule has 0 aromatic carbocycles. The molecule has 0 spiro atoms. The summed E-state index contributed by atoms with van der Waals surface area (Å²) in [4.78, 5) is 8.38. The second-order valence-electron chi connectivity index (χ2n) is 4.00. The highest BCUT2D eigenvalue weighted by Gasteiger charge is 2.07. The zero-order chi connectivity index (χ0) is 13.0. The van der Waals surface area contributed by atoms with Crippen LogP contribution in [0.1, 0.15) is 6.42 Å². The fourth-order valence-corrected chi connectivity index (χ4v) is 1.70. The van der Waals surface area contributed by atoms with Crippen molar-refractivity contribution < 1.29 is 9.84 Å². The van der Waals surface area contributed by atoms with E-state index in [1.54, 1.807) is 30.1 Å². The molecular formula is C11H17N5O2. The number of fused-ring (bicyclic) bond motifs is 1. The van der Waals surface area contributed by atoms with E-state index in [1.807, 2.05) is 0 Å². The number of aliphatic hydroxyl groups excluding tert-OH is 1. The molecule has 0 saturated heterocycles. The molecule has 0 fully saturated rings. The Balaban J connectivity index is 2.00. The number of rotatable bonds is 6. The van der Waals surface area contributed by atoms with Gasteiger partial charge in [0, 0.05) is 26.0 Å². The van der Waals surface area contributed by atoms with E-state index in [0.29, 0.717) is 36.9 Å². The average Bonchev–Trinajstić information content (AvgIpc) is 2.77. The lowest BCUT2D eigenvalue weighted by Gasteiger charge is -2.11. The molecule has 0 radical (unpaired) electrons. The monoisotopic (exact) mass is 251 g/mol. The second kappa shape index (κ2) is 5.65. The number of ether oxygens (including phenoxy) is 1. The minimum Gasteiger partial charge on any atom is -0.391 e. The van der Waals surface area contributed by atoms with Gasteiger partial charge in [0.2, 0.25) is 0 Å². The van der Waals surface area contributed by atoms with Crippen molar-refractivity contribution in [1.29, 1.82) is 0 Å². The average molecular weight is 251 g/mol. The van der Waals surface area contributed by atoms with E-state index >= 15 is 0 Å². The molecule has 7 heteroatoms. The number of imidazole rings is 1. The van der Waals surface area contributed by atoms with Crippen LogP contribution in [0.5, 0.6) is 0 Å². The largest absolute Gasteiger partial charge is 0.391 e. The Morgan fingerprint density at radius 3 is 3.22 bits per heavy atom. The van der Waals surface area contributed by atoms with Crippen molar-refractivity contribution in [1.82, 2.24) is 14.4 Å². The highest BCUT2D eigenvalue weighted by Crippen LogP contribution is 2.14. The molecule has 0 aliphatic heterocycles. The van der Waals surface area contributed by atoms with Crippen molar-refractivity contribution in [2.45, 2.75) is 12.5 Å². The molecule has 4 N–H and O–H groups in total. The maximum Gasteiger partial charge on any atom is 0.180 e. The molecule has 2 aromatic rings. The van der Waals surface area contributed by atoms with Gasteiger partial charge in [-0.3, -0.25) is 0 Å². The van der Waals surface area contributed by atoms with Gasteiger partial charge in [0.25, 0.3) is 0 Å². The first-order chi connectivity index (χ1) is 8.70. The van der Waals surface area contributed by atoms with Crippen molar-refractivity contribution >= 4 is 17.3 Å². The maximum absolute atomic E-state index is 9.52. The molecule has 0 amide bonds. The van der Waals surface area contributed by atoms with Gasteiger partial charge in [0.15, 0.2) is 11.5 Å². The molecule has 1 atom stereocenters. The van der Waals surface area contributed by atoms with E-state index in [2.05, 4.69) is 15.3 Å². The molecular weight excluding hydrogens is 234 g/mol. The number of nitrogens with one attached hydrogen (secondary N) is 1. The molecule has 1 unspecified atom stereocenters. The van der Waals surface area contributed by atoms with Gasteiger partial charge in [-0.1, -0.05) is 0 Å². The summed E-state index contributed by atoms with van der Waals surface area (Å²) in [6.45, 7) is 0.897. The Labute approximate surface area is 105 Å².